The minimum absolute atomic E-state index is 0.942. The topological polar surface area (TPSA) is 46.5 Å². The molecular formula is C17H14N4. The monoisotopic (exact) mass is 274 g/mol. The predicted molar refractivity (Wildman–Crippen MR) is 83.7 cm³/mol. The van der Waals surface area contributed by atoms with E-state index in [1.807, 2.05) is 37.6 Å². The van der Waals surface area contributed by atoms with Crippen molar-refractivity contribution in [1.29, 1.82) is 0 Å². The SMILES string of the molecule is Cn1cc(-c2n[nH]c3cc(-c4ccccc4)ccc23)cn1. The number of nitrogens with zero attached hydrogens (tertiary/aromatic N) is 3. The lowest BCUT2D eigenvalue weighted by Gasteiger charge is -2.01. The first kappa shape index (κ1) is 11.9. The van der Waals surface area contributed by atoms with Crippen LogP contribution in [-0.2, 0) is 7.05 Å². The summed E-state index contributed by atoms with van der Waals surface area (Å²) in [4.78, 5) is 0. The van der Waals surface area contributed by atoms with Crippen molar-refractivity contribution in [2.24, 2.45) is 7.05 Å². The van der Waals surface area contributed by atoms with E-state index in [9.17, 15) is 0 Å². The van der Waals surface area contributed by atoms with Crippen molar-refractivity contribution < 1.29 is 0 Å². The Balaban J connectivity index is 1.84. The molecule has 0 amide bonds. The van der Waals surface area contributed by atoms with Crippen LogP contribution in [0.5, 0.6) is 0 Å². The number of aryl methyl sites for hydroxylation is 1. The van der Waals surface area contributed by atoms with E-state index in [4.69, 9.17) is 0 Å². The summed E-state index contributed by atoms with van der Waals surface area (Å²) < 4.78 is 1.79. The first-order valence-electron chi connectivity index (χ1n) is 6.84. The van der Waals surface area contributed by atoms with Crippen molar-refractivity contribution in [2.75, 3.05) is 0 Å². The van der Waals surface area contributed by atoms with Gasteiger partial charge in [0.15, 0.2) is 0 Å². The normalized spacial score (nSPS) is 11.1. The number of aromatic amines is 1. The third kappa shape index (κ3) is 2.01. The van der Waals surface area contributed by atoms with E-state index >= 15 is 0 Å². The van der Waals surface area contributed by atoms with Gasteiger partial charge in [0.2, 0.25) is 0 Å². The van der Waals surface area contributed by atoms with E-state index in [2.05, 4.69) is 45.6 Å². The molecule has 2 aromatic heterocycles. The van der Waals surface area contributed by atoms with Crippen molar-refractivity contribution in [1.82, 2.24) is 20.0 Å². The van der Waals surface area contributed by atoms with Gasteiger partial charge in [0, 0.05) is 24.2 Å². The van der Waals surface area contributed by atoms with Gasteiger partial charge in [0.25, 0.3) is 0 Å². The average molecular weight is 274 g/mol. The first-order chi connectivity index (χ1) is 10.3. The van der Waals surface area contributed by atoms with Crippen molar-refractivity contribution in [3.63, 3.8) is 0 Å². The van der Waals surface area contributed by atoms with Crippen LogP contribution in [0.1, 0.15) is 0 Å². The number of benzene rings is 2. The first-order valence-corrected chi connectivity index (χ1v) is 6.84. The molecule has 4 heteroatoms. The summed E-state index contributed by atoms with van der Waals surface area (Å²) >= 11 is 0. The van der Waals surface area contributed by atoms with Gasteiger partial charge in [-0.15, -0.1) is 0 Å². The number of H-pyrrole nitrogens is 1. The minimum Gasteiger partial charge on any atom is -0.277 e. The summed E-state index contributed by atoms with van der Waals surface area (Å²) in [6.07, 6.45) is 3.81. The molecule has 0 aliphatic heterocycles. The number of hydrogen-bond donors (Lipinski definition) is 1. The van der Waals surface area contributed by atoms with Crippen LogP contribution in [0, 0.1) is 0 Å². The van der Waals surface area contributed by atoms with Crippen LogP contribution >= 0.6 is 0 Å². The molecule has 0 aliphatic carbocycles. The maximum Gasteiger partial charge on any atom is 0.103 e. The third-order valence-corrected chi connectivity index (χ3v) is 3.65. The molecule has 0 spiro atoms. The van der Waals surface area contributed by atoms with Gasteiger partial charge in [-0.3, -0.25) is 9.78 Å². The molecule has 0 unspecified atom stereocenters. The third-order valence-electron chi connectivity index (χ3n) is 3.65. The van der Waals surface area contributed by atoms with Gasteiger partial charge in [0.05, 0.1) is 11.7 Å². The molecule has 102 valence electrons. The van der Waals surface area contributed by atoms with Crippen LogP contribution in [0.25, 0.3) is 33.3 Å². The standard InChI is InChI=1S/C17H14N4/c1-21-11-14(10-18-21)17-15-8-7-13(9-16(15)19-20-17)12-5-3-2-4-6-12/h2-11H,1H3,(H,19,20). The second-order valence-electron chi connectivity index (χ2n) is 5.10. The zero-order valence-corrected chi connectivity index (χ0v) is 11.6. The van der Waals surface area contributed by atoms with Crippen LogP contribution < -0.4 is 0 Å². The average Bonchev–Trinajstić information content (AvgIpc) is 3.13. The molecule has 0 radical (unpaired) electrons. The molecule has 0 bridgehead atoms. The van der Waals surface area contributed by atoms with Crippen molar-refractivity contribution >= 4 is 10.9 Å². The highest BCUT2D eigenvalue weighted by atomic mass is 15.2. The Bertz CT molecular complexity index is 903. The number of hydrogen-bond acceptors (Lipinski definition) is 2. The van der Waals surface area contributed by atoms with Gasteiger partial charge in [-0.05, 0) is 23.3 Å². The second kappa shape index (κ2) is 4.59. The second-order valence-corrected chi connectivity index (χ2v) is 5.10. The molecule has 0 atom stereocenters. The Morgan fingerprint density at radius 1 is 0.952 bits per heavy atom. The molecule has 2 aromatic carbocycles. The molecule has 0 saturated heterocycles. The molecule has 1 N–H and O–H groups in total. The predicted octanol–water partition coefficient (Wildman–Crippen LogP) is 3.63. The smallest absolute Gasteiger partial charge is 0.103 e. The largest absolute Gasteiger partial charge is 0.277 e. The lowest BCUT2D eigenvalue weighted by molar-refractivity contribution is 0.768. The summed E-state index contributed by atoms with van der Waals surface area (Å²) in [5, 5.41) is 12.9. The zero-order chi connectivity index (χ0) is 14.2. The van der Waals surface area contributed by atoms with Crippen molar-refractivity contribution in [2.45, 2.75) is 0 Å². The maximum atomic E-state index is 4.44. The molecule has 0 aliphatic rings. The van der Waals surface area contributed by atoms with Gasteiger partial charge in [-0.25, -0.2) is 0 Å². The van der Waals surface area contributed by atoms with Crippen LogP contribution in [0.2, 0.25) is 0 Å². The van der Waals surface area contributed by atoms with E-state index < -0.39 is 0 Å². The highest BCUT2D eigenvalue weighted by Gasteiger charge is 2.10. The van der Waals surface area contributed by atoms with Crippen LogP contribution in [0.4, 0.5) is 0 Å². The van der Waals surface area contributed by atoms with Crippen LogP contribution in [0.15, 0.2) is 60.9 Å². The van der Waals surface area contributed by atoms with Gasteiger partial charge < -0.3 is 0 Å². The maximum absolute atomic E-state index is 4.44. The van der Waals surface area contributed by atoms with Crippen molar-refractivity contribution in [3.8, 4) is 22.4 Å². The fraction of sp³-hybridized carbons (Fsp3) is 0.0588. The minimum atomic E-state index is 0.942. The zero-order valence-electron chi connectivity index (χ0n) is 11.6. The van der Waals surface area contributed by atoms with Gasteiger partial charge >= 0.3 is 0 Å². The lowest BCUT2D eigenvalue weighted by atomic mass is 10.0. The lowest BCUT2D eigenvalue weighted by Crippen LogP contribution is -1.84. The molecule has 4 nitrogen and oxygen atoms in total. The van der Waals surface area contributed by atoms with E-state index in [0.29, 0.717) is 0 Å². The Kier molecular flexibility index (Phi) is 2.60. The van der Waals surface area contributed by atoms with Gasteiger partial charge in [-0.1, -0.05) is 36.4 Å². The van der Waals surface area contributed by atoms with E-state index in [0.717, 1.165) is 22.2 Å². The van der Waals surface area contributed by atoms with Crippen LogP contribution in [-0.4, -0.2) is 20.0 Å². The van der Waals surface area contributed by atoms with E-state index in [1.54, 1.807) is 4.68 Å². The summed E-state index contributed by atoms with van der Waals surface area (Å²) in [6.45, 7) is 0. The molecule has 4 rings (SSSR count). The summed E-state index contributed by atoms with van der Waals surface area (Å²) in [6, 6.07) is 16.7. The molecular weight excluding hydrogens is 260 g/mol. The van der Waals surface area contributed by atoms with Crippen molar-refractivity contribution in [3.05, 3.63) is 60.9 Å². The van der Waals surface area contributed by atoms with E-state index in [1.165, 1.54) is 11.1 Å². The quantitative estimate of drug-likeness (QED) is 0.606. The Hall–Kier alpha value is -2.88. The Labute approximate surface area is 122 Å². The summed E-state index contributed by atoms with van der Waals surface area (Å²) in [5.74, 6) is 0. The summed E-state index contributed by atoms with van der Waals surface area (Å²) in [5.41, 5.74) is 5.39. The fourth-order valence-corrected chi connectivity index (χ4v) is 2.59. The highest BCUT2D eigenvalue weighted by Crippen LogP contribution is 2.29. The Morgan fingerprint density at radius 3 is 2.57 bits per heavy atom. The summed E-state index contributed by atoms with van der Waals surface area (Å²) in [7, 11) is 1.91. The molecule has 4 aromatic rings. The van der Waals surface area contributed by atoms with Crippen LogP contribution in [0.3, 0.4) is 0 Å². The number of aromatic nitrogens is 4. The van der Waals surface area contributed by atoms with E-state index in [-0.39, 0.29) is 0 Å². The molecule has 0 fully saturated rings. The van der Waals surface area contributed by atoms with Gasteiger partial charge in [0.1, 0.15) is 5.69 Å². The molecule has 2 heterocycles. The Morgan fingerprint density at radius 2 is 1.81 bits per heavy atom. The molecule has 21 heavy (non-hydrogen) atoms. The number of fused-ring (bicyclic) bond motifs is 1. The molecule has 0 saturated carbocycles. The number of rotatable bonds is 2. The van der Waals surface area contributed by atoms with Gasteiger partial charge in [-0.2, -0.15) is 10.2 Å². The number of nitrogens with one attached hydrogen (secondary N) is 1. The fourth-order valence-electron chi connectivity index (χ4n) is 2.59. The highest BCUT2D eigenvalue weighted by molar-refractivity contribution is 5.94.